The van der Waals surface area contributed by atoms with Crippen LogP contribution in [0.2, 0.25) is 0 Å². The Morgan fingerprint density at radius 2 is 1.69 bits per heavy atom. The minimum Gasteiger partial charge on any atom is -0.491 e. The molecular formula is C14H22O2. The molecule has 1 aromatic rings. The van der Waals surface area contributed by atoms with Crippen molar-refractivity contribution in [3.8, 4) is 5.75 Å². The van der Waals surface area contributed by atoms with Gasteiger partial charge in [-0.3, -0.25) is 0 Å². The Labute approximate surface area is 98.6 Å². The second-order valence-electron chi connectivity index (χ2n) is 4.46. The molecule has 0 N–H and O–H groups in total. The highest BCUT2D eigenvalue weighted by Crippen LogP contribution is 2.25. The van der Waals surface area contributed by atoms with Gasteiger partial charge in [-0.05, 0) is 31.4 Å². The molecule has 16 heavy (non-hydrogen) atoms. The van der Waals surface area contributed by atoms with Crippen LogP contribution >= 0.6 is 0 Å². The van der Waals surface area contributed by atoms with E-state index in [-0.39, 0.29) is 6.10 Å². The van der Waals surface area contributed by atoms with Crippen LogP contribution in [0.5, 0.6) is 5.75 Å². The Bertz CT molecular complexity index is 305. The van der Waals surface area contributed by atoms with Crippen molar-refractivity contribution < 1.29 is 9.47 Å². The number of hydrogen-bond acceptors (Lipinski definition) is 2. The van der Waals surface area contributed by atoms with E-state index in [0.717, 1.165) is 5.75 Å². The molecule has 2 nitrogen and oxygen atoms in total. The molecule has 1 aromatic carbocycles. The third kappa shape index (κ3) is 4.23. The molecular weight excluding hydrogens is 200 g/mol. The van der Waals surface area contributed by atoms with E-state index in [9.17, 15) is 0 Å². The second kappa shape index (κ2) is 6.54. The number of rotatable bonds is 6. The quantitative estimate of drug-likeness (QED) is 0.684. The molecule has 0 bridgehead atoms. The molecule has 0 atom stereocenters. The van der Waals surface area contributed by atoms with Gasteiger partial charge in [0.15, 0.2) is 0 Å². The van der Waals surface area contributed by atoms with Crippen LogP contribution < -0.4 is 4.74 Å². The Kier molecular flexibility index (Phi) is 5.33. The Morgan fingerprint density at radius 1 is 1.00 bits per heavy atom. The lowest BCUT2D eigenvalue weighted by molar-refractivity contribution is 0.0550. The van der Waals surface area contributed by atoms with Crippen LogP contribution in [-0.4, -0.2) is 19.3 Å². The Hall–Kier alpha value is -1.02. The molecule has 0 aliphatic carbocycles. The fourth-order valence-corrected chi connectivity index (χ4v) is 1.52. The zero-order valence-corrected chi connectivity index (χ0v) is 10.7. The van der Waals surface area contributed by atoms with Gasteiger partial charge in [-0.25, -0.2) is 0 Å². The zero-order chi connectivity index (χ0) is 12.0. The minimum atomic E-state index is 0.268. The summed E-state index contributed by atoms with van der Waals surface area (Å²) in [6.45, 7) is 9.66. The molecule has 0 amide bonds. The standard InChI is InChI=1S/C14H22O2/c1-11(2)13-7-5-6-8-14(13)16-10-9-15-12(3)4/h5-8,11-12H,9-10H2,1-4H3. The number of para-hydroxylation sites is 1. The summed E-state index contributed by atoms with van der Waals surface area (Å²) in [5.41, 5.74) is 1.26. The molecule has 0 spiro atoms. The smallest absolute Gasteiger partial charge is 0.122 e. The van der Waals surface area contributed by atoms with Gasteiger partial charge < -0.3 is 9.47 Å². The third-order valence-electron chi connectivity index (χ3n) is 2.33. The normalized spacial score (nSPS) is 11.1. The van der Waals surface area contributed by atoms with Gasteiger partial charge in [0.2, 0.25) is 0 Å². The van der Waals surface area contributed by atoms with Crippen molar-refractivity contribution in [2.45, 2.75) is 39.7 Å². The highest BCUT2D eigenvalue weighted by Gasteiger charge is 2.06. The van der Waals surface area contributed by atoms with E-state index < -0.39 is 0 Å². The van der Waals surface area contributed by atoms with E-state index in [0.29, 0.717) is 19.1 Å². The van der Waals surface area contributed by atoms with E-state index >= 15 is 0 Å². The average molecular weight is 222 g/mol. The van der Waals surface area contributed by atoms with E-state index in [2.05, 4.69) is 19.9 Å². The van der Waals surface area contributed by atoms with Crippen molar-refractivity contribution in [3.63, 3.8) is 0 Å². The van der Waals surface area contributed by atoms with Gasteiger partial charge in [-0.1, -0.05) is 32.0 Å². The zero-order valence-electron chi connectivity index (χ0n) is 10.7. The lowest BCUT2D eigenvalue weighted by Gasteiger charge is -2.14. The van der Waals surface area contributed by atoms with Crippen LogP contribution in [0, 0.1) is 0 Å². The molecule has 0 saturated carbocycles. The average Bonchev–Trinajstić information content (AvgIpc) is 2.24. The highest BCUT2D eigenvalue weighted by atomic mass is 16.5. The summed E-state index contributed by atoms with van der Waals surface area (Å²) in [4.78, 5) is 0. The summed E-state index contributed by atoms with van der Waals surface area (Å²) in [5, 5.41) is 0. The predicted octanol–water partition coefficient (Wildman–Crippen LogP) is 3.61. The fourth-order valence-electron chi connectivity index (χ4n) is 1.52. The minimum absolute atomic E-state index is 0.268. The van der Waals surface area contributed by atoms with Crippen molar-refractivity contribution in [2.75, 3.05) is 13.2 Å². The van der Waals surface area contributed by atoms with Crippen LogP contribution in [0.1, 0.15) is 39.2 Å². The molecule has 0 unspecified atom stereocenters. The van der Waals surface area contributed by atoms with Crippen LogP contribution in [0.15, 0.2) is 24.3 Å². The van der Waals surface area contributed by atoms with Gasteiger partial charge in [0.25, 0.3) is 0 Å². The van der Waals surface area contributed by atoms with Crippen LogP contribution in [0.25, 0.3) is 0 Å². The number of benzene rings is 1. The first kappa shape index (κ1) is 13.0. The molecule has 2 heteroatoms. The molecule has 0 saturated heterocycles. The van der Waals surface area contributed by atoms with Crippen molar-refractivity contribution in [2.24, 2.45) is 0 Å². The topological polar surface area (TPSA) is 18.5 Å². The molecule has 0 aliphatic rings. The number of ether oxygens (including phenoxy) is 2. The summed E-state index contributed by atoms with van der Waals surface area (Å²) in [6, 6.07) is 8.19. The summed E-state index contributed by atoms with van der Waals surface area (Å²) < 4.78 is 11.2. The maximum atomic E-state index is 5.72. The van der Waals surface area contributed by atoms with Gasteiger partial charge >= 0.3 is 0 Å². The largest absolute Gasteiger partial charge is 0.491 e. The van der Waals surface area contributed by atoms with E-state index in [1.807, 2.05) is 32.0 Å². The van der Waals surface area contributed by atoms with Gasteiger partial charge in [0.1, 0.15) is 12.4 Å². The van der Waals surface area contributed by atoms with Gasteiger partial charge in [0.05, 0.1) is 12.7 Å². The van der Waals surface area contributed by atoms with Crippen LogP contribution in [0.3, 0.4) is 0 Å². The highest BCUT2D eigenvalue weighted by molar-refractivity contribution is 5.35. The third-order valence-corrected chi connectivity index (χ3v) is 2.33. The second-order valence-corrected chi connectivity index (χ2v) is 4.46. The molecule has 1 rings (SSSR count). The molecule has 0 aliphatic heterocycles. The maximum absolute atomic E-state index is 5.72. The molecule has 0 radical (unpaired) electrons. The Balaban J connectivity index is 2.47. The maximum Gasteiger partial charge on any atom is 0.122 e. The van der Waals surface area contributed by atoms with E-state index in [4.69, 9.17) is 9.47 Å². The lowest BCUT2D eigenvalue weighted by atomic mass is 10.0. The summed E-state index contributed by atoms with van der Waals surface area (Å²) in [5.74, 6) is 1.46. The Morgan fingerprint density at radius 3 is 2.31 bits per heavy atom. The van der Waals surface area contributed by atoms with Crippen molar-refractivity contribution in [1.29, 1.82) is 0 Å². The summed E-state index contributed by atoms with van der Waals surface area (Å²) >= 11 is 0. The SMILES string of the molecule is CC(C)OCCOc1ccccc1C(C)C. The van der Waals surface area contributed by atoms with E-state index in [1.165, 1.54) is 5.56 Å². The number of hydrogen-bond donors (Lipinski definition) is 0. The summed E-state index contributed by atoms with van der Waals surface area (Å²) in [6.07, 6.45) is 0.268. The monoisotopic (exact) mass is 222 g/mol. The first-order chi connectivity index (χ1) is 7.61. The predicted molar refractivity (Wildman–Crippen MR) is 67.1 cm³/mol. The molecule has 0 fully saturated rings. The molecule has 0 aromatic heterocycles. The lowest BCUT2D eigenvalue weighted by Crippen LogP contribution is -2.12. The van der Waals surface area contributed by atoms with Crippen molar-refractivity contribution >= 4 is 0 Å². The molecule has 0 heterocycles. The van der Waals surface area contributed by atoms with Crippen molar-refractivity contribution in [1.82, 2.24) is 0 Å². The van der Waals surface area contributed by atoms with Crippen molar-refractivity contribution in [3.05, 3.63) is 29.8 Å². The molecule has 90 valence electrons. The fraction of sp³-hybridized carbons (Fsp3) is 0.571. The first-order valence-corrected chi connectivity index (χ1v) is 5.94. The van der Waals surface area contributed by atoms with Crippen LogP contribution in [-0.2, 0) is 4.74 Å². The van der Waals surface area contributed by atoms with Gasteiger partial charge in [0, 0.05) is 0 Å². The van der Waals surface area contributed by atoms with Crippen LogP contribution in [0.4, 0.5) is 0 Å². The van der Waals surface area contributed by atoms with E-state index in [1.54, 1.807) is 0 Å². The summed E-state index contributed by atoms with van der Waals surface area (Å²) in [7, 11) is 0. The van der Waals surface area contributed by atoms with Gasteiger partial charge in [-0.2, -0.15) is 0 Å². The first-order valence-electron chi connectivity index (χ1n) is 5.94. The van der Waals surface area contributed by atoms with Gasteiger partial charge in [-0.15, -0.1) is 0 Å².